The zero-order valence-electron chi connectivity index (χ0n) is 10.4. The maximum atomic E-state index is 3.97. The third kappa shape index (κ3) is 2.76. The Morgan fingerprint density at radius 2 is 2.11 bits per heavy atom. The second-order valence-corrected chi connectivity index (χ2v) is 4.85. The molecule has 0 radical (unpaired) electrons. The highest BCUT2D eigenvalue weighted by Gasteiger charge is 2.31. The van der Waals surface area contributed by atoms with E-state index in [9.17, 15) is 0 Å². The Morgan fingerprint density at radius 3 is 2.78 bits per heavy atom. The van der Waals surface area contributed by atoms with Crippen LogP contribution in [0.4, 0.5) is 0 Å². The molecule has 4 heteroatoms. The summed E-state index contributed by atoms with van der Waals surface area (Å²) in [6, 6.07) is 11.2. The topological polar surface area (TPSA) is 42.7 Å². The van der Waals surface area contributed by atoms with Gasteiger partial charge in [-0.25, -0.2) is 0 Å². The summed E-state index contributed by atoms with van der Waals surface area (Å²) in [5.74, 6) is 0.808. The van der Waals surface area contributed by atoms with Gasteiger partial charge in [0.15, 0.2) is 0 Å². The zero-order valence-corrected chi connectivity index (χ0v) is 10.4. The molecule has 0 bridgehead atoms. The van der Waals surface area contributed by atoms with E-state index in [2.05, 4.69) is 46.0 Å². The van der Waals surface area contributed by atoms with Crippen molar-refractivity contribution in [2.75, 3.05) is 6.54 Å². The van der Waals surface area contributed by atoms with Crippen LogP contribution in [0, 0.1) is 5.92 Å². The lowest BCUT2D eigenvalue weighted by atomic mass is 10.0. The fraction of sp³-hybridized carbons (Fsp3) is 0.429. The molecular weight excluding hydrogens is 224 g/mol. The van der Waals surface area contributed by atoms with E-state index in [0.29, 0.717) is 6.04 Å². The van der Waals surface area contributed by atoms with Crippen molar-refractivity contribution in [3.63, 3.8) is 0 Å². The fourth-order valence-electron chi connectivity index (χ4n) is 2.33. The number of hydrogen-bond acceptors (Lipinski definition) is 3. The lowest BCUT2D eigenvalue weighted by Crippen LogP contribution is -2.27. The van der Waals surface area contributed by atoms with Gasteiger partial charge in [0.2, 0.25) is 0 Å². The monoisotopic (exact) mass is 242 g/mol. The van der Waals surface area contributed by atoms with Gasteiger partial charge >= 0.3 is 0 Å². The SMILES string of the molecule is c1ccc(C(NCCn2ccnn2)C2CC2)cc1. The van der Waals surface area contributed by atoms with Crippen molar-refractivity contribution in [3.8, 4) is 0 Å². The number of nitrogens with one attached hydrogen (secondary N) is 1. The summed E-state index contributed by atoms with van der Waals surface area (Å²) in [7, 11) is 0. The highest BCUT2D eigenvalue weighted by molar-refractivity contribution is 5.21. The molecule has 3 rings (SSSR count). The van der Waals surface area contributed by atoms with Gasteiger partial charge in [-0.1, -0.05) is 35.5 Å². The summed E-state index contributed by atoms with van der Waals surface area (Å²) in [5, 5.41) is 11.4. The Hall–Kier alpha value is -1.68. The van der Waals surface area contributed by atoms with E-state index in [0.717, 1.165) is 19.0 Å². The van der Waals surface area contributed by atoms with Gasteiger partial charge in [0, 0.05) is 18.8 Å². The minimum Gasteiger partial charge on any atom is -0.308 e. The standard InChI is InChI=1S/C14H18N4/c1-2-4-12(5-3-1)14(13-6-7-13)15-8-10-18-11-9-16-17-18/h1-5,9,11,13-15H,6-8,10H2. The van der Waals surface area contributed by atoms with Crippen LogP contribution < -0.4 is 5.32 Å². The van der Waals surface area contributed by atoms with E-state index < -0.39 is 0 Å². The molecule has 18 heavy (non-hydrogen) atoms. The van der Waals surface area contributed by atoms with Crippen molar-refractivity contribution >= 4 is 0 Å². The third-order valence-electron chi connectivity index (χ3n) is 3.43. The van der Waals surface area contributed by atoms with Crippen molar-refractivity contribution in [1.29, 1.82) is 0 Å². The Balaban J connectivity index is 1.58. The van der Waals surface area contributed by atoms with Crippen LogP contribution in [0.2, 0.25) is 0 Å². The average Bonchev–Trinajstić information content (AvgIpc) is 3.12. The maximum Gasteiger partial charge on any atom is 0.0692 e. The zero-order chi connectivity index (χ0) is 12.2. The molecule has 1 N–H and O–H groups in total. The molecule has 1 aliphatic carbocycles. The highest BCUT2D eigenvalue weighted by atomic mass is 15.4. The second-order valence-electron chi connectivity index (χ2n) is 4.85. The van der Waals surface area contributed by atoms with Gasteiger partial charge in [-0.2, -0.15) is 0 Å². The summed E-state index contributed by atoms with van der Waals surface area (Å²) in [6.45, 7) is 1.80. The molecule has 2 aromatic rings. The number of aromatic nitrogens is 3. The summed E-state index contributed by atoms with van der Waals surface area (Å²) in [4.78, 5) is 0. The van der Waals surface area contributed by atoms with E-state index >= 15 is 0 Å². The number of hydrogen-bond donors (Lipinski definition) is 1. The smallest absolute Gasteiger partial charge is 0.0692 e. The van der Waals surface area contributed by atoms with Crippen molar-refractivity contribution in [3.05, 3.63) is 48.3 Å². The Labute approximate surface area is 107 Å². The van der Waals surface area contributed by atoms with Crippen LogP contribution in [0.5, 0.6) is 0 Å². The first kappa shape index (κ1) is 11.4. The molecule has 94 valence electrons. The fourth-order valence-corrected chi connectivity index (χ4v) is 2.33. The van der Waals surface area contributed by atoms with Gasteiger partial charge in [0.1, 0.15) is 0 Å². The quantitative estimate of drug-likeness (QED) is 0.842. The molecule has 4 nitrogen and oxygen atoms in total. The number of nitrogens with zero attached hydrogens (tertiary/aromatic N) is 3. The predicted octanol–water partition coefficient (Wildman–Crippen LogP) is 2.02. The molecule has 1 aromatic heterocycles. The minimum absolute atomic E-state index is 0.495. The minimum atomic E-state index is 0.495. The van der Waals surface area contributed by atoms with Crippen molar-refractivity contribution in [1.82, 2.24) is 20.3 Å². The Kier molecular flexibility index (Phi) is 3.37. The molecule has 0 saturated heterocycles. The normalized spacial score (nSPS) is 16.7. The van der Waals surface area contributed by atoms with Crippen LogP contribution in [-0.2, 0) is 6.54 Å². The molecular formula is C14H18N4. The molecule has 0 spiro atoms. The first-order chi connectivity index (χ1) is 8.93. The molecule has 0 aliphatic heterocycles. The van der Waals surface area contributed by atoms with Gasteiger partial charge in [0.25, 0.3) is 0 Å². The lowest BCUT2D eigenvalue weighted by Gasteiger charge is -2.18. The molecule has 1 saturated carbocycles. The Bertz CT molecular complexity index is 462. The summed E-state index contributed by atoms with van der Waals surface area (Å²) < 4.78 is 1.86. The van der Waals surface area contributed by atoms with Gasteiger partial charge in [-0.15, -0.1) is 5.10 Å². The average molecular weight is 242 g/mol. The summed E-state index contributed by atoms with van der Waals surface area (Å²) in [6.07, 6.45) is 6.30. The molecule has 1 unspecified atom stereocenters. The molecule has 1 aromatic carbocycles. The van der Waals surface area contributed by atoms with E-state index in [1.54, 1.807) is 6.20 Å². The van der Waals surface area contributed by atoms with Crippen LogP contribution in [0.25, 0.3) is 0 Å². The van der Waals surface area contributed by atoms with E-state index in [1.165, 1.54) is 18.4 Å². The molecule has 1 fully saturated rings. The van der Waals surface area contributed by atoms with E-state index in [-0.39, 0.29) is 0 Å². The number of rotatable bonds is 6. The number of benzene rings is 1. The summed E-state index contributed by atoms with van der Waals surface area (Å²) in [5.41, 5.74) is 1.40. The van der Waals surface area contributed by atoms with Gasteiger partial charge in [-0.05, 0) is 24.3 Å². The lowest BCUT2D eigenvalue weighted by molar-refractivity contribution is 0.447. The maximum absolute atomic E-state index is 3.97. The van der Waals surface area contributed by atoms with E-state index in [1.807, 2.05) is 10.9 Å². The second kappa shape index (κ2) is 5.31. The highest BCUT2D eigenvalue weighted by Crippen LogP contribution is 2.40. The largest absolute Gasteiger partial charge is 0.308 e. The first-order valence-electron chi connectivity index (χ1n) is 6.56. The molecule has 1 atom stereocenters. The third-order valence-corrected chi connectivity index (χ3v) is 3.43. The summed E-state index contributed by atoms with van der Waals surface area (Å²) >= 11 is 0. The van der Waals surface area contributed by atoms with Crippen LogP contribution >= 0.6 is 0 Å². The van der Waals surface area contributed by atoms with Crippen LogP contribution in [0.15, 0.2) is 42.7 Å². The molecule has 1 heterocycles. The van der Waals surface area contributed by atoms with Crippen LogP contribution in [0.1, 0.15) is 24.4 Å². The predicted molar refractivity (Wildman–Crippen MR) is 69.9 cm³/mol. The van der Waals surface area contributed by atoms with Crippen molar-refractivity contribution in [2.45, 2.75) is 25.4 Å². The van der Waals surface area contributed by atoms with Crippen LogP contribution in [-0.4, -0.2) is 21.5 Å². The molecule has 0 amide bonds. The first-order valence-corrected chi connectivity index (χ1v) is 6.56. The Morgan fingerprint density at radius 1 is 1.28 bits per heavy atom. The van der Waals surface area contributed by atoms with Crippen LogP contribution in [0.3, 0.4) is 0 Å². The van der Waals surface area contributed by atoms with E-state index in [4.69, 9.17) is 0 Å². The van der Waals surface area contributed by atoms with Gasteiger partial charge < -0.3 is 5.32 Å². The molecule has 1 aliphatic rings. The van der Waals surface area contributed by atoms with Crippen molar-refractivity contribution < 1.29 is 0 Å². The van der Waals surface area contributed by atoms with Crippen molar-refractivity contribution in [2.24, 2.45) is 5.92 Å². The van der Waals surface area contributed by atoms with Gasteiger partial charge in [0.05, 0.1) is 12.7 Å². The van der Waals surface area contributed by atoms with Gasteiger partial charge in [-0.3, -0.25) is 4.68 Å².